The fourth-order valence-electron chi connectivity index (χ4n) is 1.06. The van der Waals surface area contributed by atoms with Crippen molar-refractivity contribution < 1.29 is 4.74 Å². The molecule has 1 N–H and O–H groups in total. The predicted octanol–water partition coefficient (Wildman–Crippen LogP) is 1.59. The zero-order valence-corrected chi connectivity index (χ0v) is 8.21. The van der Waals surface area contributed by atoms with E-state index in [0.717, 1.165) is 13.1 Å². The summed E-state index contributed by atoms with van der Waals surface area (Å²) >= 11 is 0. The molecule has 0 aliphatic rings. The SMILES string of the molecule is CCNCc1ccnc(OCC)c1. The highest BCUT2D eigenvalue weighted by Crippen LogP contribution is 2.08. The Morgan fingerprint density at radius 1 is 1.46 bits per heavy atom. The molecule has 0 saturated heterocycles. The molecular weight excluding hydrogens is 164 g/mol. The molecule has 0 bridgehead atoms. The van der Waals surface area contributed by atoms with Crippen LogP contribution in [0.3, 0.4) is 0 Å². The minimum Gasteiger partial charge on any atom is -0.478 e. The molecular formula is C10H16N2O. The maximum absolute atomic E-state index is 5.29. The minimum absolute atomic E-state index is 0.664. The lowest BCUT2D eigenvalue weighted by Gasteiger charge is -2.04. The monoisotopic (exact) mass is 180 g/mol. The van der Waals surface area contributed by atoms with Gasteiger partial charge >= 0.3 is 0 Å². The molecule has 1 aromatic rings. The third kappa shape index (κ3) is 3.42. The first-order valence-electron chi connectivity index (χ1n) is 4.65. The smallest absolute Gasteiger partial charge is 0.213 e. The Balaban J connectivity index is 2.56. The average Bonchev–Trinajstić information content (AvgIpc) is 2.16. The van der Waals surface area contributed by atoms with Crippen LogP contribution < -0.4 is 10.1 Å². The normalized spacial score (nSPS) is 10.0. The van der Waals surface area contributed by atoms with Crippen LogP contribution in [0.4, 0.5) is 0 Å². The van der Waals surface area contributed by atoms with Crippen LogP contribution in [0.2, 0.25) is 0 Å². The molecule has 0 saturated carbocycles. The Bertz CT molecular complexity index is 250. The highest BCUT2D eigenvalue weighted by atomic mass is 16.5. The first kappa shape index (κ1) is 9.99. The van der Waals surface area contributed by atoms with E-state index in [1.165, 1.54) is 5.56 Å². The first-order valence-corrected chi connectivity index (χ1v) is 4.65. The van der Waals surface area contributed by atoms with E-state index in [1.54, 1.807) is 6.20 Å². The van der Waals surface area contributed by atoms with Gasteiger partial charge in [0.2, 0.25) is 5.88 Å². The average molecular weight is 180 g/mol. The molecule has 0 aliphatic heterocycles. The Morgan fingerprint density at radius 2 is 2.31 bits per heavy atom. The van der Waals surface area contributed by atoms with Crippen LogP contribution >= 0.6 is 0 Å². The number of nitrogens with zero attached hydrogens (tertiary/aromatic N) is 1. The second kappa shape index (κ2) is 5.54. The molecule has 1 aromatic heterocycles. The van der Waals surface area contributed by atoms with E-state index in [4.69, 9.17) is 4.74 Å². The molecule has 0 fully saturated rings. The van der Waals surface area contributed by atoms with Gasteiger partial charge in [-0.3, -0.25) is 0 Å². The Hall–Kier alpha value is -1.09. The first-order chi connectivity index (χ1) is 6.36. The molecule has 72 valence electrons. The van der Waals surface area contributed by atoms with E-state index in [-0.39, 0.29) is 0 Å². The van der Waals surface area contributed by atoms with Crippen molar-refractivity contribution in [2.75, 3.05) is 13.2 Å². The van der Waals surface area contributed by atoms with Gasteiger partial charge in [0.05, 0.1) is 6.61 Å². The van der Waals surface area contributed by atoms with Crippen LogP contribution in [0, 0.1) is 0 Å². The zero-order chi connectivity index (χ0) is 9.52. The van der Waals surface area contributed by atoms with Gasteiger partial charge in [-0.2, -0.15) is 0 Å². The highest BCUT2D eigenvalue weighted by Gasteiger charge is 1.95. The standard InChI is InChI=1S/C10H16N2O/c1-3-11-8-9-5-6-12-10(7-9)13-4-2/h5-7,11H,3-4,8H2,1-2H3. The van der Waals surface area contributed by atoms with Crippen LogP contribution in [0.5, 0.6) is 5.88 Å². The summed E-state index contributed by atoms with van der Waals surface area (Å²) in [7, 11) is 0. The second-order valence-corrected chi connectivity index (χ2v) is 2.72. The molecule has 3 nitrogen and oxygen atoms in total. The lowest BCUT2D eigenvalue weighted by molar-refractivity contribution is 0.326. The van der Waals surface area contributed by atoms with Crippen molar-refractivity contribution in [2.45, 2.75) is 20.4 Å². The number of hydrogen-bond acceptors (Lipinski definition) is 3. The topological polar surface area (TPSA) is 34.2 Å². The summed E-state index contributed by atoms with van der Waals surface area (Å²) in [5.41, 5.74) is 1.21. The van der Waals surface area contributed by atoms with Gasteiger partial charge in [0.15, 0.2) is 0 Å². The summed E-state index contributed by atoms with van der Waals surface area (Å²) in [6.07, 6.45) is 1.78. The summed E-state index contributed by atoms with van der Waals surface area (Å²) in [4.78, 5) is 4.09. The van der Waals surface area contributed by atoms with Gasteiger partial charge in [0.25, 0.3) is 0 Å². The third-order valence-corrected chi connectivity index (χ3v) is 1.67. The molecule has 0 amide bonds. The third-order valence-electron chi connectivity index (χ3n) is 1.67. The Morgan fingerprint density at radius 3 is 3.00 bits per heavy atom. The number of hydrogen-bond donors (Lipinski definition) is 1. The fraction of sp³-hybridized carbons (Fsp3) is 0.500. The number of ether oxygens (including phenoxy) is 1. The summed E-state index contributed by atoms with van der Waals surface area (Å²) in [6.45, 7) is 6.56. The van der Waals surface area contributed by atoms with E-state index in [2.05, 4.69) is 17.2 Å². The van der Waals surface area contributed by atoms with Crippen LogP contribution in [0.1, 0.15) is 19.4 Å². The summed E-state index contributed by atoms with van der Waals surface area (Å²) in [6, 6.07) is 3.96. The van der Waals surface area contributed by atoms with Gasteiger partial charge in [-0.1, -0.05) is 6.92 Å². The molecule has 1 heterocycles. The van der Waals surface area contributed by atoms with E-state index in [9.17, 15) is 0 Å². The molecule has 3 heteroatoms. The summed E-state index contributed by atoms with van der Waals surface area (Å²) < 4.78 is 5.29. The highest BCUT2D eigenvalue weighted by molar-refractivity contribution is 5.20. The number of aromatic nitrogens is 1. The second-order valence-electron chi connectivity index (χ2n) is 2.72. The van der Waals surface area contributed by atoms with Crippen molar-refractivity contribution >= 4 is 0 Å². The maximum Gasteiger partial charge on any atom is 0.213 e. The molecule has 0 spiro atoms. The van der Waals surface area contributed by atoms with Crippen molar-refractivity contribution in [3.05, 3.63) is 23.9 Å². The lowest BCUT2D eigenvalue weighted by Crippen LogP contribution is -2.11. The van der Waals surface area contributed by atoms with Crippen LogP contribution in [-0.2, 0) is 6.54 Å². The van der Waals surface area contributed by atoms with Crippen LogP contribution in [0.15, 0.2) is 18.3 Å². The molecule has 0 aromatic carbocycles. The van der Waals surface area contributed by atoms with Crippen molar-refractivity contribution in [3.63, 3.8) is 0 Å². The number of nitrogens with one attached hydrogen (secondary N) is 1. The molecule has 0 aliphatic carbocycles. The van der Waals surface area contributed by atoms with E-state index in [0.29, 0.717) is 12.5 Å². The largest absolute Gasteiger partial charge is 0.478 e. The number of rotatable bonds is 5. The quantitative estimate of drug-likeness (QED) is 0.747. The van der Waals surface area contributed by atoms with Crippen molar-refractivity contribution in [1.82, 2.24) is 10.3 Å². The van der Waals surface area contributed by atoms with Gasteiger partial charge in [-0.05, 0) is 25.1 Å². The lowest BCUT2D eigenvalue weighted by atomic mass is 10.2. The molecule has 0 atom stereocenters. The van der Waals surface area contributed by atoms with Crippen molar-refractivity contribution in [2.24, 2.45) is 0 Å². The fourth-order valence-corrected chi connectivity index (χ4v) is 1.06. The van der Waals surface area contributed by atoms with E-state index >= 15 is 0 Å². The summed E-state index contributed by atoms with van der Waals surface area (Å²) in [5, 5.41) is 3.25. The zero-order valence-electron chi connectivity index (χ0n) is 8.21. The Kier molecular flexibility index (Phi) is 4.26. The van der Waals surface area contributed by atoms with Gasteiger partial charge < -0.3 is 10.1 Å². The predicted molar refractivity (Wildman–Crippen MR) is 52.8 cm³/mol. The van der Waals surface area contributed by atoms with Crippen molar-refractivity contribution in [3.8, 4) is 5.88 Å². The van der Waals surface area contributed by atoms with Gasteiger partial charge in [-0.25, -0.2) is 4.98 Å². The van der Waals surface area contributed by atoms with Crippen LogP contribution in [0.25, 0.3) is 0 Å². The molecule has 0 unspecified atom stereocenters. The molecule has 0 radical (unpaired) electrons. The Labute approximate surface area is 79.1 Å². The maximum atomic E-state index is 5.29. The van der Waals surface area contributed by atoms with E-state index < -0.39 is 0 Å². The summed E-state index contributed by atoms with van der Waals surface area (Å²) in [5.74, 6) is 0.706. The van der Waals surface area contributed by atoms with Gasteiger partial charge in [-0.15, -0.1) is 0 Å². The minimum atomic E-state index is 0.664. The molecule has 13 heavy (non-hydrogen) atoms. The van der Waals surface area contributed by atoms with E-state index in [1.807, 2.05) is 19.1 Å². The van der Waals surface area contributed by atoms with Gasteiger partial charge in [0, 0.05) is 18.8 Å². The molecule has 1 rings (SSSR count). The van der Waals surface area contributed by atoms with Crippen molar-refractivity contribution in [1.29, 1.82) is 0 Å². The van der Waals surface area contributed by atoms with Crippen LogP contribution in [-0.4, -0.2) is 18.1 Å². The number of pyridine rings is 1. The van der Waals surface area contributed by atoms with Gasteiger partial charge in [0.1, 0.15) is 0 Å².